The maximum atomic E-state index is 13.3. The topological polar surface area (TPSA) is 69.3 Å². The number of nitrogens with one attached hydrogen (secondary N) is 1. The zero-order chi connectivity index (χ0) is 20.6. The van der Waals surface area contributed by atoms with Crippen LogP contribution in [0.15, 0.2) is 29.1 Å². The molecule has 1 spiro atoms. The number of hydrogen-bond donors (Lipinski definition) is 1. The van der Waals surface area contributed by atoms with Gasteiger partial charge in [-0.1, -0.05) is 37.5 Å². The Bertz CT molecular complexity index is 981. The van der Waals surface area contributed by atoms with Gasteiger partial charge in [-0.2, -0.15) is 5.10 Å². The second-order valence-corrected chi connectivity index (χ2v) is 9.77. The summed E-state index contributed by atoms with van der Waals surface area (Å²) >= 11 is 0. The Labute approximate surface area is 177 Å². The second-order valence-electron chi connectivity index (χ2n) is 9.77. The van der Waals surface area contributed by atoms with Gasteiger partial charge < -0.3 is 9.80 Å². The first kappa shape index (κ1) is 19.7. The van der Waals surface area contributed by atoms with Gasteiger partial charge in [0.15, 0.2) is 5.69 Å². The largest absolute Gasteiger partial charge is 0.337 e. The summed E-state index contributed by atoms with van der Waals surface area (Å²) in [6, 6.07) is 7.25. The maximum absolute atomic E-state index is 13.3. The van der Waals surface area contributed by atoms with E-state index in [9.17, 15) is 9.59 Å². The first-order chi connectivity index (χ1) is 14.6. The molecule has 1 aromatic carbocycles. The van der Waals surface area contributed by atoms with E-state index in [1.807, 2.05) is 23.1 Å². The molecule has 0 bridgehead atoms. The van der Waals surface area contributed by atoms with Crippen LogP contribution in [0.4, 0.5) is 0 Å². The van der Waals surface area contributed by atoms with E-state index in [2.05, 4.69) is 15.1 Å². The number of aromatic amines is 1. The van der Waals surface area contributed by atoms with E-state index in [1.165, 1.54) is 58.0 Å². The smallest absolute Gasteiger partial charge is 0.274 e. The van der Waals surface area contributed by atoms with Crippen LogP contribution >= 0.6 is 0 Å². The summed E-state index contributed by atoms with van der Waals surface area (Å²) in [7, 11) is 0. The van der Waals surface area contributed by atoms with Gasteiger partial charge in [-0.15, -0.1) is 0 Å². The summed E-state index contributed by atoms with van der Waals surface area (Å²) in [6.07, 6.45) is 10.5. The minimum atomic E-state index is -0.245. The lowest BCUT2D eigenvalue weighted by Crippen LogP contribution is -2.47. The highest BCUT2D eigenvalue weighted by atomic mass is 16.2. The van der Waals surface area contributed by atoms with Crippen molar-refractivity contribution in [1.82, 2.24) is 20.0 Å². The van der Waals surface area contributed by atoms with E-state index in [1.54, 1.807) is 6.07 Å². The van der Waals surface area contributed by atoms with Gasteiger partial charge in [0, 0.05) is 37.0 Å². The van der Waals surface area contributed by atoms with Crippen LogP contribution in [0, 0.1) is 11.3 Å². The van der Waals surface area contributed by atoms with Gasteiger partial charge in [0.1, 0.15) is 0 Å². The Morgan fingerprint density at radius 1 is 1.03 bits per heavy atom. The Balaban J connectivity index is 1.30. The maximum Gasteiger partial charge on any atom is 0.274 e. The van der Waals surface area contributed by atoms with Crippen LogP contribution in [-0.2, 0) is 0 Å². The third kappa shape index (κ3) is 3.78. The fourth-order valence-corrected chi connectivity index (χ4v) is 6.07. The highest BCUT2D eigenvalue weighted by Gasteiger charge is 2.43. The normalized spacial score (nSPS) is 25.9. The predicted molar refractivity (Wildman–Crippen MR) is 118 cm³/mol. The molecule has 1 amide bonds. The third-order valence-electron chi connectivity index (χ3n) is 7.61. The number of amides is 1. The van der Waals surface area contributed by atoms with Crippen molar-refractivity contribution in [2.24, 2.45) is 11.3 Å². The average molecular weight is 409 g/mol. The first-order valence-corrected chi connectivity index (χ1v) is 11.6. The zero-order valence-corrected chi connectivity index (χ0v) is 17.7. The Kier molecular flexibility index (Phi) is 5.35. The number of benzene rings is 1. The van der Waals surface area contributed by atoms with Crippen molar-refractivity contribution in [1.29, 1.82) is 0 Å². The minimum absolute atomic E-state index is 0.0521. The lowest BCUT2D eigenvalue weighted by Gasteiger charge is -2.42. The Morgan fingerprint density at radius 3 is 2.67 bits per heavy atom. The lowest BCUT2D eigenvalue weighted by atomic mass is 9.78. The van der Waals surface area contributed by atoms with E-state index in [0.29, 0.717) is 16.5 Å². The molecule has 6 heteroatoms. The molecule has 0 unspecified atom stereocenters. The number of hydrogen-bond acceptors (Lipinski definition) is 4. The van der Waals surface area contributed by atoms with Gasteiger partial charge in [0.05, 0.1) is 5.39 Å². The molecule has 2 aromatic rings. The molecule has 6 nitrogen and oxygen atoms in total. The van der Waals surface area contributed by atoms with Crippen molar-refractivity contribution in [2.75, 3.05) is 32.7 Å². The number of likely N-dealkylation sites (tertiary alicyclic amines) is 2. The predicted octanol–water partition coefficient (Wildman–Crippen LogP) is 3.43. The number of nitrogens with zero attached hydrogens (tertiary/aromatic N) is 3. The number of rotatable bonds is 3. The van der Waals surface area contributed by atoms with E-state index in [0.717, 1.165) is 32.0 Å². The van der Waals surface area contributed by atoms with Crippen LogP contribution in [-0.4, -0.2) is 58.6 Å². The van der Waals surface area contributed by atoms with Crippen molar-refractivity contribution in [3.63, 3.8) is 0 Å². The summed E-state index contributed by atoms with van der Waals surface area (Å²) in [6.45, 7) is 5.15. The molecule has 30 heavy (non-hydrogen) atoms. The van der Waals surface area contributed by atoms with Gasteiger partial charge in [-0.25, -0.2) is 5.10 Å². The zero-order valence-electron chi connectivity index (χ0n) is 17.7. The molecule has 5 rings (SSSR count). The molecule has 3 aliphatic rings. The van der Waals surface area contributed by atoms with Crippen molar-refractivity contribution < 1.29 is 4.79 Å². The number of aromatic nitrogens is 2. The van der Waals surface area contributed by atoms with E-state index in [4.69, 9.17) is 0 Å². The van der Waals surface area contributed by atoms with Gasteiger partial charge in [0.2, 0.25) is 0 Å². The van der Waals surface area contributed by atoms with Gasteiger partial charge in [0.25, 0.3) is 11.5 Å². The van der Waals surface area contributed by atoms with Crippen LogP contribution in [0.25, 0.3) is 10.8 Å². The summed E-state index contributed by atoms with van der Waals surface area (Å²) < 4.78 is 0. The molecule has 160 valence electrons. The fraction of sp³-hybridized carbons (Fsp3) is 0.625. The average Bonchev–Trinajstić information content (AvgIpc) is 3.17. The number of carbonyl (C=O) groups is 1. The van der Waals surface area contributed by atoms with Crippen molar-refractivity contribution in [3.05, 3.63) is 40.3 Å². The van der Waals surface area contributed by atoms with Crippen LogP contribution < -0.4 is 5.56 Å². The highest BCUT2D eigenvalue weighted by molar-refractivity contribution is 6.04. The molecule has 3 heterocycles. The summed E-state index contributed by atoms with van der Waals surface area (Å²) in [5, 5.41) is 7.82. The van der Waals surface area contributed by atoms with E-state index < -0.39 is 0 Å². The summed E-state index contributed by atoms with van der Waals surface area (Å²) in [4.78, 5) is 30.0. The third-order valence-corrected chi connectivity index (χ3v) is 7.61. The minimum Gasteiger partial charge on any atom is -0.337 e. The summed E-state index contributed by atoms with van der Waals surface area (Å²) in [5.41, 5.74) is 0.350. The molecule has 2 saturated heterocycles. The van der Waals surface area contributed by atoms with Crippen LogP contribution in [0.3, 0.4) is 0 Å². The molecule has 1 saturated carbocycles. The SMILES string of the molecule is O=C(c1n[nH]c(=O)c2ccccc12)N1CC[C@]2(CCCN(CC3CCCCC3)C2)C1. The molecule has 1 atom stereocenters. The van der Waals surface area contributed by atoms with Crippen LogP contribution in [0.5, 0.6) is 0 Å². The standard InChI is InChI=1S/C24H32N4O2/c29-22-20-10-5-4-9-19(20)21(25-26-22)23(30)28-14-12-24(17-28)11-6-13-27(16-24)15-18-7-2-1-3-8-18/h4-5,9-10,18H,1-3,6-8,11-17H2,(H,26,29)/t24-/m0/s1. The molecule has 1 aromatic heterocycles. The molecule has 1 aliphatic carbocycles. The molecular weight excluding hydrogens is 376 g/mol. The first-order valence-electron chi connectivity index (χ1n) is 11.6. The lowest BCUT2D eigenvalue weighted by molar-refractivity contribution is 0.0627. The monoisotopic (exact) mass is 408 g/mol. The van der Waals surface area contributed by atoms with Crippen molar-refractivity contribution >= 4 is 16.7 Å². The molecular formula is C24H32N4O2. The molecule has 1 N–H and O–H groups in total. The van der Waals surface area contributed by atoms with Crippen molar-refractivity contribution in [3.8, 4) is 0 Å². The van der Waals surface area contributed by atoms with E-state index in [-0.39, 0.29) is 16.9 Å². The number of piperidine rings is 1. The Hall–Kier alpha value is -2.21. The van der Waals surface area contributed by atoms with Crippen molar-refractivity contribution in [2.45, 2.75) is 51.4 Å². The quantitative estimate of drug-likeness (QED) is 0.845. The second kappa shape index (κ2) is 8.14. The Morgan fingerprint density at radius 2 is 1.83 bits per heavy atom. The number of fused-ring (bicyclic) bond motifs is 1. The van der Waals surface area contributed by atoms with Gasteiger partial charge in [-0.3, -0.25) is 9.59 Å². The molecule has 3 fully saturated rings. The van der Waals surface area contributed by atoms with Crippen LogP contribution in [0.2, 0.25) is 0 Å². The summed E-state index contributed by atoms with van der Waals surface area (Å²) in [5.74, 6) is 0.813. The fourth-order valence-electron chi connectivity index (χ4n) is 6.07. The number of H-pyrrole nitrogens is 1. The molecule has 2 aliphatic heterocycles. The molecule has 0 radical (unpaired) electrons. The van der Waals surface area contributed by atoms with E-state index >= 15 is 0 Å². The number of carbonyl (C=O) groups excluding carboxylic acids is 1. The van der Waals surface area contributed by atoms with Crippen LogP contribution in [0.1, 0.15) is 61.9 Å². The van der Waals surface area contributed by atoms with Gasteiger partial charge >= 0.3 is 0 Å². The highest BCUT2D eigenvalue weighted by Crippen LogP contribution is 2.40. The van der Waals surface area contributed by atoms with Gasteiger partial charge in [-0.05, 0) is 50.6 Å².